The standard InChI is InChI=1S/C21H18N2/c1-3-8-16(9-4-1)19-15-14-17-10-7-13-20(21(17)23-19)22-18-11-5-2-6-12-18/h1-6,8-9,11-12,14-15H,7,10,13H2. The van der Waals surface area contributed by atoms with E-state index in [0.717, 1.165) is 47.6 Å². The molecular weight excluding hydrogens is 280 g/mol. The van der Waals surface area contributed by atoms with Crippen LogP contribution in [0.4, 0.5) is 5.69 Å². The van der Waals surface area contributed by atoms with E-state index in [1.54, 1.807) is 0 Å². The normalized spacial score (nSPS) is 15.4. The molecule has 0 saturated heterocycles. The molecule has 3 aromatic rings. The van der Waals surface area contributed by atoms with Crippen molar-refractivity contribution in [2.75, 3.05) is 0 Å². The zero-order chi connectivity index (χ0) is 15.5. The average molecular weight is 298 g/mol. The first-order valence-corrected chi connectivity index (χ1v) is 8.08. The maximum absolute atomic E-state index is 4.93. The van der Waals surface area contributed by atoms with E-state index in [-0.39, 0.29) is 0 Å². The topological polar surface area (TPSA) is 25.2 Å². The summed E-state index contributed by atoms with van der Waals surface area (Å²) in [6, 6.07) is 24.8. The van der Waals surface area contributed by atoms with Crippen LogP contribution in [0, 0.1) is 0 Å². The van der Waals surface area contributed by atoms with Crippen LogP contribution in [0.25, 0.3) is 11.3 Å². The minimum atomic E-state index is 0.993. The van der Waals surface area contributed by atoms with Crippen molar-refractivity contribution in [3.63, 3.8) is 0 Å². The number of fused-ring (bicyclic) bond motifs is 1. The van der Waals surface area contributed by atoms with E-state index in [1.807, 2.05) is 36.4 Å². The summed E-state index contributed by atoms with van der Waals surface area (Å²) in [6.45, 7) is 0. The van der Waals surface area contributed by atoms with E-state index in [1.165, 1.54) is 5.56 Å². The van der Waals surface area contributed by atoms with Crippen molar-refractivity contribution < 1.29 is 0 Å². The first-order valence-electron chi connectivity index (χ1n) is 8.08. The Balaban J connectivity index is 1.79. The summed E-state index contributed by atoms with van der Waals surface area (Å²) in [5.41, 5.74) is 6.66. The van der Waals surface area contributed by atoms with Crippen molar-refractivity contribution in [2.45, 2.75) is 19.3 Å². The lowest BCUT2D eigenvalue weighted by Gasteiger charge is -2.18. The molecule has 2 aromatic carbocycles. The number of para-hydroxylation sites is 1. The molecule has 0 spiro atoms. The highest BCUT2D eigenvalue weighted by molar-refractivity contribution is 6.02. The van der Waals surface area contributed by atoms with Gasteiger partial charge >= 0.3 is 0 Å². The number of aliphatic imine (C=N–C) groups is 1. The lowest BCUT2D eigenvalue weighted by atomic mass is 9.93. The molecule has 4 rings (SSSR count). The Hall–Kier alpha value is -2.74. The predicted octanol–water partition coefficient (Wildman–Crippen LogP) is 5.21. The molecular formula is C21H18N2. The number of aryl methyl sites for hydroxylation is 1. The van der Waals surface area contributed by atoms with Crippen molar-refractivity contribution >= 4 is 11.4 Å². The van der Waals surface area contributed by atoms with E-state index in [2.05, 4.69) is 36.4 Å². The number of nitrogens with zero attached hydrogens (tertiary/aromatic N) is 2. The molecule has 0 radical (unpaired) electrons. The Labute approximate surface area is 136 Å². The van der Waals surface area contributed by atoms with Gasteiger partial charge in [0.1, 0.15) is 0 Å². The summed E-state index contributed by atoms with van der Waals surface area (Å²) in [5, 5.41) is 0. The second kappa shape index (κ2) is 6.17. The summed E-state index contributed by atoms with van der Waals surface area (Å²) in [4.78, 5) is 9.78. The number of pyridine rings is 1. The molecule has 0 fully saturated rings. The summed E-state index contributed by atoms with van der Waals surface area (Å²) in [5.74, 6) is 0. The van der Waals surface area contributed by atoms with Crippen molar-refractivity contribution in [1.29, 1.82) is 0 Å². The van der Waals surface area contributed by atoms with Crippen LogP contribution in [0.3, 0.4) is 0 Å². The van der Waals surface area contributed by atoms with Crippen molar-refractivity contribution in [3.05, 3.63) is 84.1 Å². The van der Waals surface area contributed by atoms with Gasteiger partial charge in [-0.15, -0.1) is 0 Å². The third kappa shape index (κ3) is 2.93. The molecule has 2 nitrogen and oxygen atoms in total. The predicted molar refractivity (Wildman–Crippen MR) is 95.3 cm³/mol. The smallest absolute Gasteiger partial charge is 0.0884 e. The molecule has 1 aliphatic rings. The highest BCUT2D eigenvalue weighted by Crippen LogP contribution is 2.26. The zero-order valence-electron chi connectivity index (χ0n) is 12.9. The summed E-state index contributed by atoms with van der Waals surface area (Å²) in [6.07, 6.45) is 3.23. The zero-order valence-corrected chi connectivity index (χ0v) is 12.9. The fourth-order valence-corrected chi connectivity index (χ4v) is 3.04. The van der Waals surface area contributed by atoms with Gasteiger partial charge < -0.3 is 0 Å². The van der Waals surface area contributed by atoms with Gasteiger partial charge in [-0.1, -0.05) is 54.6 Å². The molecule has 112 valence electrons. The monoisotopic (exact) mass is 298 g/mol. The molecule has 0 bridgehead atoms. The van der Waals surface area contributed by atoms with Crippen LogP contribution >= 0.6 is 0 Å². The van der Waals surface area contributed by atoms with Crippen molar-refractivity contribution in [1.82, 2.24) is 4.98 Å². The molecule has 1 aliphatic carbocycles. The number of hydrogen-bond acceptors (Lipinski definition) is 2. The SMILES string of the molecule is c1ccc(N=C2CCCc3ccc(-c4ccccc4)nc32)cc1. The quantitative estimate of drug-likeness (QED) is 0.638. The Bertz CT molecular complexity index is 836. The summed E-state index contributed by atoms with van der Waals surface area (Å²) in [7, 11) is 0. The Morgan fingerprint density at radius 1 is 0.739 bits per heavy atom. The molecule has 1 aromatic heterocycles. The number of aromatic nitrogens is 1. The molecule has 0 N–H and O–H groups in total. The molecule has 2 heteroatoms. The lowest BCUT2D eigenvalue weighted by Crippen LogP contribution is -2.14. The van der Waals surface area contributed by atoms with Crippen LogP contribution < -0.4 is 0 Å². The fraction of sp³-hybridized carbons (Fsp3) is 0.143. The lowest BCUT2D eigenvalue weighted by molar-refractivity contribution is 0.827. The number of rotatable bonds is 2. The van der Waals surface area contributed by atoms with Gasteiger partial charge in [-0.05, 0) is 43.0 Å². The fourth-order valence-electron chi connectivity index (χ4n) is 3.04. The van der Waals surface area contributed by atoms with Gasteiger partial charge in [0.2, 0.25) is 0 Å². The minimum Gasteiger partial charge on any atom is -0.251 e. The molecule has 0 unspecified atom stereocenters. The first-order chi connectivity index (χ1) is 11.4. The van der Waals surface area contributed by atoms with E-state index < -0.39 is 0 Å². The van der Waals surface area contributed by atoms with Crippen LogP contribution in [0.15, 0.2) is 77.8 Å². The third-order valence-electron chi connectivity index (χ3n) is 4.20. The van der Waals surface area contributed by atoms with Gasteiger partial charge in [0.25, 0.3) is 0 Å². The average Bonchev–Trinajstić information content (AvgIpc) is 2.63. The molecule has 0 saturated carbocycles. The Morgan fingerprint density at radius 2 is 1.48 bits per heavy atom. The Morgan fingerprint density at radius 3 is 2.26 bits per heavy atom. The maximum Gasteiger partial charge on any atom is 0.0884 e. The van der Waals surface area contributed by atoms with Gasteiger partial charge in [-0.3, -0.25) is 4.99 Å². The Kier molecular flexibility index (Phi) is 3.73. The molecule has 0 aliphatic heterocycles. The van der Waals surface area contributed by atoms with Crippen molar-refractivity contribution in [3.8, 4) is 11.3 Å². The molecule has 1 heterocycles. The van der Waals surface area contributed by atoms with Crippen LogP contribution in [-0.4, -0.2) is 10.7 Å². The maximum atomic E-state index is 4.93. The second-order valence-electron chi connectivity index (χ2n) is 5.82. The van der Waals surface area contributed by atoms with Crippen LogP contribution in [0.2, 0.25) is 0 Å². The van der Waals surface area contributed by atoms with Gasteiger partial charge in [-0.2, -0.15) is 0 Å². The molecule has 0 atom stereocenters. The van der Waals surface area contributed by atoms with Crippen LogP contribution in [-0.2, 0) is 6.42 Å². The van der Waals surface area contributed by atoms with Gasteiger partial charge in [-0.25, -0.2) is 4.98 Å². The van der Waals surface area contributed by atoms with Gasteiger partial charge in [0.15, 0.2) is 0 Å². The minimum absolute atomic E-state index is 0.993. The highest BCUT2D eigenvalue weighted by atomic mass is 14.8. The summed E-state index contributed by atoms with van der Waals surface area (Å²) < 4.78 is 0. The van der Waals surface area contributed by atoms with Gasteiger partial charge in [0, 0.05) is 5.56 Å². The first kappa shape index (κ1) is 13.9. The van der Waals surface area contributed by atoms with E-state index in [9.17, 15) is 0 Å². The van der Waals surface area contributed by atoms with Crippen LogP contribution in [0.5, 0.6) is 0 Å². The highest BCUT2D eigenvalue weighted by Gasteiger charge is 2.18. The van der Waals surface area contributed by atoms with E-state index in [4.69, 9.17) is 9.98 Å². The van der Waals surface area contributed by atoms with Crippen LogP contribution in [0.1, 0.15) is 24.1 Å². The molecule has 0 amide bonds. The van der Waals surface area contributed by atoms with Crippen molar-refractivity contribution in [2.24, 2.45) is 4.99 Å². The largest absolute Gasteiger partial charge is 0.251 e. The molecule has 23 heavy (non-hydrogen) atoms. The third-order valence-corrected chi connectivity index (χ3v) is 4.20. The van der Waals surface area contributed by atoms with Gasteiger partial charge in [0.05, 0.1) is 22.8 Å². The summed E-state index contributed by atoms with van der Waals surface area (Å²) >= 11 is 0. The van der Waals surface area contributed by atoms with E-state index in [0.29, 0.717) is 0 Å². The second-order valence-corrected chi connectivity index (χ2v) is 5.82. The number of benzene rings is 2. The van der Waals surface area contributed by atoms with E-state index >= 15 is 0 Å². The number of hydrogen-bond donors (Lipinski definition) is 0.